The molecule has 1 rings (SSSR count). The summed E-state index contributed by atoms with van der Waals surface area (Å²) in [6, 6.07) is 0. The Morgan fingerprint density at radius 1 is 1.64 bits per heavy atom. The molecular weight excluding hydrogens is 202 g/mol. The molecule has 0 amide bonds. The first kappa shape index (κ1) is 8.34. The molecule has 0 aliphatic carbocycles. The summed E-state index contributed by atoms with van der Waals surface area (Å²) < 4.78 is 1.02. The van der Waals surface area contributed by atoms with Gasteiger partial charge in [-0.3, -0.25) is 0 Å². The van der Waals surface area contributed by atoms with Crippen LogP contribution in [-0.4, -0.2) is 4.90 Å². The van der Waals surface area contributed by atoms with E-state index in [2.05, 4.69) is 22.5 Å². The Labute approximate surface area is 75.5 Å². The van der Waals surface area contributed by atoms with Crippen LogP contribution < -0.4 is 0 Å². The molecule has 0 N–H and O–H groups in total. The molecule has 0 spiro atoms. The normalized spacial score (nSPS) is 17.8. The Morgan fingerprint density at radius 2 is 2.36 bits per heavy atom. The van der Waals surface area contributed by atoms with Gasteiger partial charge in [0.15, 0.2) is 0 Å². The predicted molar refractivity (Wildman–Crippen MR) is 51.9 cm³/mol. The van der Waals surface area contributed by atoms with E-state index in [0.717, 1.165) is 10.3 Å². The molecule has 58 valence electrons. The number of hydrogen-bond donors (Lipinski definition) is 0. The molecule has 0 bridgehead atoms. The van der Waals surface area contributed by atoms with Crippen LogP contribution in [0.15, 0.2) is 47.4 Å². The van der Waals surface area contributed by atoms with Crippen LogP contribution in [0.4, 0.5) is 0 Å². The van der Waals surface area contributed by atoms with Crippen molar-refractivity contribution in [2.24, 2.45) is 0 Å². The third-order valence-corrected chi connectivity index (χ3v) is 2.01. The van der Waals surface area contributed by atoms with Crippen LogP contribution in [-0.2, 0) is 0 Å². The maximum atomic E-state index is 3.88. The topological polar surface area (TPSA) is 3.24 Å². The molecule has 0 fully saturated rings. The van der Waals surface area contributed by atoms with Crippen molar-refractivity contribution in [2.75, 3.05) is 0 Å². The van der Waals surface area contributed by atoms with E-state index in [0.29, 0.717) is 0 Å². The molecule has 0 saturated heterocycles. The maximum Gasteiger partial charge on any atom is 0.0891 e. The quantitative estimate of drug-likeness (QED) is 0.603. The zero-order valence-electron chi connectivity index (χ0n) is 6.42. The fourth-order valence-corrected chi connectivity index (χ4v) is 1.35. The van der Waals surface area contributed by atoms with Crippen molar-refractivity contribution in [3.05, 3.63) is 47.4 Å². The van der Waals surface area contributed by atoms with E-state index >= 15 is 0 Å². The summed E-state index contributed by atoms with van der Waals surface area (Å²) in [6.07, 6.45) is 9.84. The fourth-order valence-electron chi connectivity index (χ4n) is 0.852. The lowest BCUT2D eigenvalue weighted by molar-refractivity contribution is 0.636. The van der Waals surface area contributed by atoms with Gasteiger partial charge in [0.2, 0.25) is 0 Å². The number of hydrogen-bond acceptors (Lipinski definition) is 1. The summed E-state index contributed by atoms with van der Waals surface area (Å²) in [6.45, 7) is 5.86. The van der Waals surface area contributed by atoms with E-state index in [-0.39, 0.29) is 0 Å². The Morgan fingerprint density at radius 3 is 2.91 bits per heavy atom. The van der Waals surface area contributed by atoms with Crippen LogP contribution in [0, 0.1) is 0 Å². The van der Waals surface area contributed by atoms with Gasteiger partial charge >= 0.3 is 0 Å². The minimum absolute atomic E-state index is 0.970. The van der Waals surface area contributed by atoms with Crippen LogP contribution in [0.2, 0.25) is 0 Å². The van der Waals surface area contributed by atoms with Crippen molar-refractivity contribution in [2.45, 2.75) is 6.92 Å². The molecule has 2 heteroatoms. The lowest BCUT2D eigenvalue weighted by atomic mass is 10.3. The van der Waals surface area contributed by atoms with E-state index in [1.165, 1.54) is 0 Å². The Balaban J connectivity index is 2.86. The van der Waals surface area contributed by atoms with Crippen molar-refractivity contribution in [1.82, 2.24) is 4.90 Å². The third-order valence-electron chi connectivity index (χ3n) is 1.36. The lowest BCUT2D eigenvalue weighted by Crippen LogP contribution is -2.12. The molecule has 0 unspecified atom stereocenters. The standard InChI is InChI=1S/C9H10BrN/c1-3-7-11-8(2)5-4-6-9(11)10/h3-7H,2H2,1H3/b7-3-. The van der Waals surface area contributed by atoms with Gasteiger partial charge in [0.25, 0.3) is 0 Å². The Hall–Kier alpha value is -0.760. The SMILES string of the molecule is C=C1C=CC=C(Br)N1/C=C\C. The fraction of sp³-hybridized carbons (Fsp3) is 0.111. The molecule has 11 heavy (non-hydrogen) atoms. The summed E-state index contributed by atoms with van der Waals surface area (Å²) in [4.78, 5) is 1.97. The van der Waals surface area contributed by atoms with E-state index < -0.39 is 0 Å². The first-order valence-corrected chi connectivity index (χ1v) is 4.20. The molecule has 0 aromatic rings. The van der Waals surface area contributed by atoms with Gasteiger partial charge < -0.3 is 4.90 Å². The molecule has 1 aliphatic rings. The van der Waals surface area contributed by atoms with Gasteiger partial charge in [-0.25, -0.2) is 0 Å². The van der Waals surface area contributed by atoms with Gasteiger partial charge in [-0.15, -0.1) is 0 Å². The largest absolute Gasteiger partial charge is 0.312 e. The molecule has 0 aromatic heterocycles. The summed E-state index contributed by atoms with van der Waals surface area (Å²) >= 11 is 3.42. The van der Waals surface area contributed by atoms with Crippen LogP contribution in [0.25, 0.3) is 0 Å². The average molecular weight is 212 g/mol. The van der Waals surface area contributed by atoms with Crippen LogP contribution in [0.1, 0.15) is 6.92 Å². The molecule has 0 radical (unpaired) electrons. The highest BCUT2D eigenvalue weighted by Crippen LogP contribution is 2.22. The van der Waals surface area contributed by atoms with E-state index in [1.54, 1.807) is 0 Å². The van der Waals surface area contributed by atoms with Crippen LogP contribution >= 0.6 is 15.9 Å². The van der Waals surface area contributed by atoms with Crippen LogP contribution in [0.5, 0.6) is 0 Å². The summed E-state index contributed by atoms with van der Waals surface area (Å²) in [5.74, 6) is 0. The molecule has 0 atom stereocenters. The molecule has 0 aromatic carbocycles. The molecule has 1 heterocycles. The summed E-state index contributed by atoms with van der Waals surface area (Å²) in [5, 5.41) is 0. The van der Waals surface area contributed by atoms with Crippen molar-refractivity contribution in [3.63, 3.8) is 0 Å². The second-order valence-corrected chi connectivity index (χ2v) is 3.00. The molecule has 1 aliphatic heterocycles. The number of rotatable bonds is 1. The van der Waals surface area contributed by atoms with E-state index in [4.69, 9.17) is 0 Å². The summed E-state index contributed by atoms with van der Waals surface area (Å²) in [7, 11) is 0. The van der Waals surface area contributed by atoms with E-state index in [1.807, 2.05) is 42.3 Å². The van der Waals surface area contributed by atoms with Crippen molar-refractivity contribution in [1.29, 1.82) is 0 Å². The minimum atomic E-state index is 0.970. The lowest BCUT2D eigenvalue weighted by Gasteiger charge is -2.21. The predicted octanol–water partition coefficient (Wildman–Crippen LogP) is 3.14. The molecule has 0 saturated carbocycles. The van der Waals surface area contributed by atoms with Gasteiger partial charge in [-0.2, -0.15) is 0 Å². The highest BCUT2D eigenvalue weighted by Gasteiger charge is 2.06. The van der Waals surface area contributed by atoms with Crippen molar-refractivity contribution < 1.29 is 0 Å². The molecular formula is C9H10BrN. The number of nitrogens with zero attached hydrogens (tertiary/aromatic N) is 1. The van der Waals surface area contributed by atoms with Gasteiger partial charge in [0, 0.05) is 11.9 Å². The van der Waals surface area contributed by atoms with Crippen molar-refractivity contribution in [3.8, 4) is 0 Å². The van der Waals surface area contributed by atoms with E-state index in [9.17, 15) is 0 Å². The zero-order valence-corrected chi connectivity index (χ0v) is 8.01. The average Bonchev–Trinajstić information content (AvgIpc) is 1.97. The minimum Gasteiger partial charge on any atom is -0.312 e. The monoisotopic (exact) mass is 211 g/mol. The van der Waals surface area contributed by atoms with Gasteiger partial charge in [-0.05, 0) is 35.0 Å². The van der Waals surface area contributed by atoms with Crippen molar-refractivity contribution >= 4 is 15.9 Å². The smallest absolute Gasteiger partial charge is 0.0891 e. The number of halogens is 1. The first-order valence-electron chi connectivity index (χ1n) is 3.40. The van der Waals surface area contributed by atoms with Crippen LogP contribution in [0.3, 0.4) is 0 Å². The van der Waals surface area contributed by atoms with Gasteiger partial charge in [-0.1, -0.05) is 18.7 Å². The third kappa shape index (κ3) is 1.84. The highest BCUT2D eigenvalue weighted by molar-refractivity contribution is 9.11. The van der Waals surface area contributed by atoms with Gasteiger partial charge in [0.1, 0.15) is 0 Å². The molecule has 1 nitrogen and oxygen atoms in total. The first-order chi connectivity index (χ1) is 5.25. The number of allylic oxidation sites excluding steroid dienone is 4. The maximum absolute atomic E-state index is 3.88. The zero-order chi connectivity index (χ0) is 8.27. The highest BCUT2D eigenvalue weighted by atomic mass is 79.9. The Kier molecular flexibility index (Phi) is 2.71. The second-order valence-electron chi connectivity index (χ2n) is 2.19. The van der Waals surface area contributed by atoms with Gasteiger partial charge in [0.05, 0.1) is 4.61 Å². The summed E-state index contributed by atoms with van der Waals surface area (Å²) in [5.41, 5.74) is 0.970. The Bertz CT molecular complexity index is 248. The second kappa shape index (κ2) is 3.58.